The molecule has 0 bridgehead atoms. The second-order valence-electron chi connectivity index (χ2n) is 9.24. The van der Waals surface area contributed by atoms with Gasteiger partial charge in [-0.1, -0.05) is 85.8 Å². The summed E-state index contributed by atoms with van der Waals surface area (Å²) < 4.78 is 11.4. The molecule has 1 N–H and O–H groups in total. The van der Waals surface area contributed by atoms with Crippen LogP contribution in [0.1, 0.15) is 43.7 Å². The molecule has 4 aromatic rings. The van der Waals surface area contributed by atoms with Crippen LogP contribution in [0.4, 0.5) is 0 Å². The number of aromatic hydroxyl groups is 1. The van der Waals surface area contributed by atoms with Crippen molar-refractivity contribution in [1.29, 1.82) is 0 Å². The molecule has 1 heterocycles. The second kappa shape index (κ2) is 13.0. The molecule has 0 saturated heterocycles. The van der Waals surface area contributed by atoms with E-state index in [1.807, 2.05) is 68.4 Å². The van der Waals surface area contributed by atoms with E-state index in [-0.39, 0.29) is 5.75 Å². The van der Waals surface area contributed by atoms with Crippen molar-refractivity contribution in [3.63, 3.8) is 0 Å². The fraction of sp³-hybridized carbons (Fsp3) is 0.323. The maximum Gasteiger partial charge on any atom is 0.167 e. The van der Waals surface area contributed by atoms with E-state index in [2.05, 4.69) is 6.92 Å². The van der Waals surface area contributed by atoms with Crippen LogP contribution in [0.2, 0.25) is 0 Å². The topological polar surface area (TPSA) is 77.4 Å². The van der Waals surface area contributed by atoms with E-state index >= 15 is 0 Å². The first-order valence-corrected chi connectivity index (χ1v) is 13.0. The summed E-state index contributed by atoms with van der Waals surface area (Å²) in [6.45, 7) is 7.97. The van der Waals surface area contributed by atoms with Gasteiger partial charge in [-0.2, -0.15) is 0 Å². The third kappa shape index (κ3) is 7.37. The molecule has 3 aromatic carbocycles. The van der Waals surface area contributed by atoms with E-state index in [0.29, 0.717) is 42.0 Å². The van der Waals surface area contributed by atoms with Crippen molar-refractivity contribution >= 4 is 0 Å². The van der Waals surface area contributed by atoms with Crippen molar-refractivity contribution in [3.8, 4) is 45.7 Å². The summed E-state index contributed by atoms with van der Waals surface area (Å²) in [5.74, 6) is 2.13. The summed E-state index contributed by atoms with van der Waals surface area (Å²) in [7, 11) is 0. The maximum atomic E-state index is 10.9. The van der Waals surface area contributed by atoms with Crippen LogP contribution < -0.4 is 4.74 Å². The first-order valence-electron chi connectivity index (χ1n) is 13.0. The Morgan fingerprint density at radius 2 is 1.24 bits per heavy atom. The zero-order valence-electron chi connectivity index (χ0n) is 21.9. The van der Waals surface area contributed by atoms with Crippen LogP contribution >= 0.6 is 0 Å². The lowest BCUT2D eigenvalue weighted by atomic mass is 10.1. The fourth-order valence-electron chi connectivity index (χ4n) is 3.90. The van der Waals surface area contributed by atoms with Crippen molar-refractivity contribution in [3.05, 3.63) is 77.9 Å². The van der Waals surface area contributed by atoms with E-state index in [0.717, 1.165) is 35.3 Å². The summed E-state index contributed by atoms with van der Waals surface area (Å²) >= 11 is 0. The van der Waals surface area contributed by atoms with Gasteiger partial charge in [-0.15, -0.1) is 0 Å². The minimum absolute atomic E-state index is 0.0499. The Morgan fingerprint density at radius 3 is 1.81 bits per heavy atom. The van der Waals surface area contributed by atoms with Gasteiger partial charge in [0.2, 0.25) is 0 Å². The summed E-state index contributed by atoms with van der Waals surface area (Å²) in [4.78, 5) is 14.2. The largest absolute Gasteiger partial charge is 0.507 e. The Kier molecular flexibility index (Phi) is 9.22. The van der Waals surface area contributed by atoms with Crippen LogP contribution in [0.5, 0.6) is 11.5 Å². The van der Waals surface area contributed by atoms with Crippen LogP contribution in [0.25, 0.3) is 34.2 Å². The third-order valence-corrected chi connectivity index (χ3v) is 6.10. The molecule has 0 amide bonds. The Bertz CT molecular complexity index is 1220. The molecule has 4 rings (SSSR count). The van der Waals surface area contributed by atoms with Crippen molar-refractivity contribution in [2.75, 3.05) is 19.8 Å². The number of phenols is 1. The van der Waals surface area contributed by atoms with Crippen LogP contribution in [-0.4, -0.2) is 39.9 Å². The first kappa shape index (κ1) is 26.3. The monoisotopic (exact) mass is 497 g/mol. The quantitative estimate of drug-likeness (QED) is 0.209. The number of phenolic OH excluding ortho intramolecular Hbond substituents is 1. The van der Waals surface area contributed by atoms with Crippen LogP contribution in [0.15, 0.2) is 66.7 Å². The number of aromatic nitrogens is 3. The molecule has 37 heavy (non-hydrogen) atoms. The molecule has 0 spiro atoms. The van der Waals surface area contributed by atoms with Gasteiger partial charge in [0.1, 0.15) is 18.1 Å². The molecule has 0 fully saturated rings. The number of unbranched alkanes of at least 4 members (excludes halogenated alkanes) is 3. The third-order valence-electron chi connectivity index (χ3n) is 6.10. The molecular formula is C31H35N3O3. The highest BCUT2D eigenvalue weighted by Crippen LogP contribution is 2.32. The van der Waals surface area contributed by atoms with Gasteiger partial charge in [-0.25, -0.2) is 15.0 Å². The molecule has 0 saturated carbocycles. The summed E-state index contributed by atoms with van der Waals surface area (Å²) in [5, 5.41) is 10.9. The molecule has 0 atom stereocenters. The number of ether oxygens (including phenoxy) is 2. The smallest absolute Gasteiger partial charge is 0.167 e. The van der Waals surface area contributed by atoms with Crippen molar-refractivity contribution in [2.24, 2.45) is 0 Å². The minimum Gasteiger partial charge on any atom is -0.507 e. The lowest BCUT2D eigenvalue weighted by Crippen LogP contribution is -2.07. The van der Waals surface area contributed by atoms with Gasteiger partial charge in [0.05, 0.1) is 12.2 Å². The zero-order valence-corrected chi connectivity index (χ0v) is 21.9. The number of hydrogen-bond donors (Lipinski definition) is 1. The van der Waals surface area contributed by atoms with Gasteiger partial charge in [-0.3, -0.25) is 0 Å². The van der Waals surface area contributed by atoms with Gasteiger partial charge < -0.3 is 14.6 Å². The summed E-state index contributed by atoms with van der Waals surface area (Å²) in [6, 6.07) is 21.3. The normalized spacial score (nSPS) is 11.0. The molecule has 192 valence electrons. The lowest BCUT2D eigenvalue weighted by molar-refractivity contribution is 0.0970. The first-order chi connectivity index (χ1) is 18.0. The maximum absolute atomic E-state index is 10.9. The molecule has 0 aliphatic heterocycles. The van der Waals surface area contributed by atoms with E-state index in [1.165, 1.54) is 19.3 Å². The number of benzene rings is 3. The highest BCUT2D eigenvalue weighted by atomic mass is 16.5. The van der Waals surface area contributed by atoms with E-state index in [1.54, 1.807) is 12.1 Å². The van der Waals surface area contributed by atoms with E-state index < -0.39 is 0 Å². The number of hydrogen-bond acceptors (Lipinski definition) is 6. The average molecular weight is 498 g/mol. The van der Waals surface area contributed by atoms with Gasteiger partial charge in [-0.05, 0) is 32.4 Å². The molecule has 1 aromatic heterocycles. The highest BCUT2D eigenvalue weighted by molar-refractivity contribution is 5.70. The lowest BCUT2D eigenvalue weighted by Gasteiger charge is -2.11. The van der Waals surface area contributed by atoms with Gasteiger partial charge in [0.15, 0.2) is 17.5 Å². The minimum atomic E-state index is 0.0499. The number of aryl methyl sites for hydroxylation is 2. The number of rotatable bonds is 12. The molecule has 6 heteroatoms. The Labute approximate surface area is 219 Å². The molecule has 0 aliphatic carbocycles. The van der Waals surface area contributed by atoms with Crippen LogP contribution in [0, 0.1) is 13.8 Å². The van der Waals surface area contributed by atoms with Crippen molar-refractivity contribution in [1.82, 2.24) is 15.0 Å². The Hall–Kier alpha value is -3.77. The van der Waals surface area contributed by atoms with Gasteiger partial charge in [0, 0.05) is 23.8 Å². The number of nitrogens with zero attached hydrogens (tertiary/aromatic N) is 3. The summed E-state index contributed by atoms with van der Waals surface area (Å²) in [5.41, 5.74) is 4.61. The average Bonchev–Trinajstić information content (AvgIpc) is 2.91. The fourth-order valence-corrected chi connectivity index (χ4v) is 3.90. The predicted molar refractivity (Wildman–Crippen MR) is 148 cm³/mol. The highest BCUT2D eigenvalue weighted by Gasteiger charge is 2.15. The predicted octanol–water partition coefficient (Wildman–Crippen LogP) is 7.17. The molecule has 0 radical (unpaired) electrons. The summed E-state index contributed by atoms with van der Waals surface area (Å²) in [6.07, 6.45) is 4.73. The Morgan fingerprint density at radius 1 is 0.649 bits per heavy atom. The van der Waals surface area contributed by atoms with Crippen LogP contribution in [0.3, 0.4) is 0 Å². The van der Waals surface area contributed by atoms with Gasteiger partial charge in [0.25, 0.3) is 0 Å². The SMILES string of the molecule is CCCCCCOCCOc1ccc(-c2nc(-c3ccc(C)cc3)nc(-c3ccc(C)cc3)n2)c(O)c1. The molecule has 6 nitrogen and oxygen atoms in total. The molecule has 0 aliphatic rings. The standard InChI is InChI=1S/C31H35N3O3/c1-4-5-6-7-18-36-19-20-37-26-16-17-27(28(35)21-26)31-33-29(24-12-8-22(2)9-13-24)32-30(34-31)25-14-10-23(3)11-15-25/h8-17,21,35H,4-7,18-20H2,1-3H3. The van der Waals surface area contributed by atoms with E-state index in [9.17, 15) is 5.11 Å². The zero-order chi connectivity index (χ0) is 26.0. The van der Waals surface area contributed by atoms with Gasteiger partial charge >= 0.3 is 0 Å². The Balaban J connectivity index is 1.54. The molecule has 0 unspecified atom stereocenters. The van der Waals surface area contributed by atoms with Crippen LogP contribution in [-0.2, 0) is 4.74 Å². The molecular weight excluding hydrogens is 462 g/mol. The van der Waals surface area contributed by atoms with E-state index in [4.69, 9.17) is 24.4 Å². The van der Waals surface area contributed by atoms with Crippen molar-refractivity contribution in [2.45, 2.75) is 46.5 Å². The van der Waals surface area contributed by atoms with Crippen molar-refractivity contribution < 1.29 is 14.6 Å². The second-order valence-corrected chi connectivity index (χ2v) is 9.24.